The van der Waals surface area contributed by atoms with Crippen molar-refractivity contribution in [3.8, 4) is 0 Å². The van der Waals surface area contributed by atoms with Gasteiger partial charge in [-0.3, -0.25) is 9.69 Å². The van der Waals surface area contributed by atoms with Crippen LogP contribution in [-0.2, 0) is 0 Å². The number of nitrogens with zero attached hydrogens (tertiary/aromatic N) is 2. The molecule has 1 saturated heterocycles. The summed E-state index contributed by atoms with van der Waals surface area (Å²) in [4.78, 5) is 16.2. The highest BCUT2D eigenvalue weighted by Gasteiger charge is 2.36. The van der Waals surface area contributed by atoms with Crippen molar-refractivity contribution in [2.24, 2.45) is 0 Å². The molecule has 0 aromatic heterocycles. The van der Waals surface area contributed by atoms with Crippen molar-refractivity contribution < 1.29 is 18.7 Å². The zero-order valence-electron chi connectivity index (χ0n) is 13.8. The van der Waals surface area contributed by atoms with E-state index in [1.165, 1.54) is 6.07 Å². The number of aliphatic hydroxyl groups is 1. The summed E-state index contributed by atoms with van der Waals surface area (Å²) in [6, 6.07) is 3.26. The van der Waals surface area contributed by atoms with Crippen LogP contribution in [-0.4, -0.2) is 59.1 Å². The molecule has 2 rings (SSSR count). The average molecular weight is 326 g/mol. The van der Waals surface area contributed by atoms with Crippen LogP contribution >= 0.6 is 0 Å². The standard InChI is InChI=1S/C17H24F2N2O2/c1-4-5-13(9-21-10-16(22)11(21)2)20(3)17(23)12-6-7-14(18)15(19)8-12/h6-8,11,13,16,22H,4-5,9-10H2,1-3H3/t11-,13-,16-/m0/s1. The fourth-order valence-corrected chi connectivity index (χ4v) is 2.92. The number of likely N-dealkylation sites (N-methyl/N-ethyl adjacent to an activating group) is 1. The number of carbonyl (C=O) groups excluding carboxylic acids is 1. The second kappa shape index (κ2) is 7.36. The highest BCUT2D eigenvalue weighted by molar-refractivity contribution is 5.94. The largest absolute Gasteiger partial charge is 0.390 e. The maximum absolute atomic E-state index is 13.3. The first-order chi connectivity index (χ1) is 10.8. The van der Waals surface area contributed by atoms with Gasteiger partial charge in [-0.15, -0.1) is 0 Å². The molecule has 0 bridgehead atoms. The van der Waals surface area contributed by atoms with Gasteiger partial charge in [0.05, 0.1) is 6.10 Å². The van der Waals surface area contributed by atoms with Crippen LogP contribution in [0.5, 0.6) is 0 Å². The molecule has 0 saturated carbocycles. The lowest BCUT2D eigenvalue weighted by Gasteiger charge is -2.46. The smallest absolute Gasteiger partial charge is 0.253 e. The number of β-amino-alcohol motifs (C(OH)–C–C–N with tert-alkyl or cyclic N) is 1. The Labute approximate surface area is 135 Å². The summed E-state index contributed by atoms with van der Waals surface area (Å²) >= 11 is 0. The molecule has 0 radical (unpaired) electrons. The van der Waals surface area contributed by atoms with Gasteiger partial charge in [-0.25, -0.2) is 8.78 Å². The lowest BCUT2D eigenvalue weighted by molar-refractivity contribution is -0.0614. The number of aliphatic hydroxyl groups excluding tert-OH is 1. The molecule has 1 aromatic rings. The number of halogens is 2. The Morgan fingerprint density at radius 2 is 2.13 bits per heavy atom. The van der Waals surface area contributed by atoms with Gasteiger partial charge in [0, 0.05) is 37.8 Å². The Morgan fingerprint density at radius 3 is 2.65 bits per heavy atom. The molecule has 3 atom stereocenters. The Morgan fingerprint density at radius 1 is 1.43 bits per heavy atom. The van der Waals surface area contributed by atoms with Gasteiger partial charge in [-0.05, 0) is 31.5 Å². The molecule has 4 nitrogen and oxygen atoms in total. The first-order valence-corrected chi connectivity index (χ1v) is 7.99. The summed E-state index contributed by atoms with van der Waals surface area (Å²) in [6.07, 6.45) is 1.40. The minimum atomic E-state index is -1.02. The maximum atomic E-state index is 13.3. The monoisotopic (exact) mass is 326 g/mol. The number of amides is 1. The molecule has 0 aliphatic carbocycles. The molecule has 23 heavy (non-hydrogen) atoms. The minimum Gasteiger partial charge on any atom is -0.390 e. The van der Waals surface area contributed by atoms with Crippen LogP contribution in [0.2, 0.25) is 0 Å². The van der Waals surface area contributed by atoms with E-state index in [1.807, 2.05) is 13.8 Å². The topological polar surface area (TPSA) is 43.8 Å². The number of rotatable bonds is 6. The van der Waals surface area contributed by atoms with Gasteiger partial charge in [-0.1, -0.05) is 13.3 Å². The molecule has 1 aliphatic rings. The van der Waals surface area contributed by atoms with Crippen molar-refractivity contribution in [3.05, 3.63) is 35.4 Å². The summed E-state index contributed by atoms with van der Waals surface area (Å²) in [7, 11) is 1.69. The molecule has 1 fully saturated rings. The number of carbonyl (C=O) groups is 1. The molecule has 1 heterocycles. The Bertz CT molecular complexity index is 568. The zero-order chi connectivity index (χ0) is 17.1. The van der Waals surface area contributed by atoms with E-state index in [1.54, 1.807) is 11.9 Å². The Kier molecular flexibility index (Phi) is 5.70. The first-order valence-electron chi connectivity index (χ1n) is 7.99. The highest BCUT2D eigenvalue weighted by atomic mass is 19.2. The summed E-state index contributed by atoms with van der Waals surface area (Å²) in [5.41, 5.74) is 0.143. The molecule has 128 valence electrons. The van der Waals surface area contributed by atoms with Gasteiger partial charge < -0.3 is 10.0 Å². The third-order valence-corrected chi connectivity index (χ3v) is 4.66. The summed E-state index contributed by atoms with van der Waals surface area (Å²) in [6.45, 7) is 5.26. The van der Waals surface area contributed by atoms with Crippen molar-refractivity contribution in [2.45, 2.75) is 44.9 Å². The van der Waals surface area contributed by atoms with Crippen LogP contribution in [0.4, 0.5) is 8.78 Å². The zero-order valence-corrected chi connectivity index (χ0v) is 13.8. The van der Waals surface area contributed by atoms with E-state index in [-0.39, 0.29) is 29.7 Å². The second-order valence-electron chi connectivity index (χ2n) is 6.25. The van der Waals surface area contributed by atoms with Crippen LogP contribution in [0.25, 0.3) is 0 Å². The molecule has 1 amide bonds. The van der Waals surface area contributed by atoms with Gasteiger partial charge in [0.15, 0.2) is 11.6 Å². The van der Waals surface area contributed by atoms with Gasteiger partial charge >= 0.3 is 0 Å². The maximum Gasteiger partial charge on any atom is 0.253 e. The molecule has 1 N–H and O–H groups in total. The van der Waals surface area contributed by atoms with E-state index in [9.17, 15) is 18.7 Å². The lowest BCUT2D eigenvalue weighted by atomic mass is 9.98. The lowest BCUT2D eigenvalue weighted by Crippen LogP contribution is -2.61. The van der Waals surface area contributed by atoms with Crippen molar-refractivity contribution in [1.82, 2.24) is 9.80 Å². The Hall–Kier alpha value is -1.53. The van der Waals surface area contributed by atoms with Crippen molar-refractivity contribution in [2.75, 3.05) is 20.1 Å². The van der Waals surface area contributed by atoms with Crippen molar-refractivity contribution in [1.29, 1.82) is 0 Å². The van der Waals surface area contributed by atoms with Crippen molar-refractivity contribution in [3.63, 3.8) is 0 Å². The predicted molar refractivity (Wildman–Crippen MR) is 84.2 cm³/mol. The molecular formula is C17H24F2N2O2. The third-order valence-electron chi connectivity index (χ3n) is 4.66. The highest BCUT2D eigenvalue weighted by Crippen LogP contribution is 2.21. The summed E-state index contributed by atoms with van der Waals surface area (Å²) in [5, 5.41) is 9.61. The molecule has 0 unspecified atom stereocenters. The van der Waals surface area contributed by atoms with E-state index >= 15 is 0 Å². The second-order valence-corrected chi connectivity index (χ2v) is 6.25. The SMILES string of the molecule is CCC[C@@H](CN1C[C@H](O)[C@@H]1C)N(C)C(=O)c1ccc(F)c(F)c1. The molecule has 6 heteroatoms. The quantitative estimate of drug-likeness (QED) is 0.872. The van der Waals surface area contributed by atoms with E-state index in [0.29, 0.717) is 13.1 Å². The summed E-state index contributed by atoms with van der Waals surface area (Å²) < 4.78 is 26.4. The van der Waals surface area contributed by atoms with Crippen LogP contribution in [0.1, 0.15) is 37.0 Å². The summed E-state index contributed by atoms with van der Waals surface area (Å²) in [5.74, 6) is -2.30. The number of likely N-dealkylation sites (tertiary alicyclic amines) is 1. The normalized spacial score (nSPS) is 22.5. The molecule has 1 aromatic carbocycles. The number of hydrogen-bond donors (Lipinski definition) is 1. The average Bonchev–Trinajstić information content (AvgIpc) is 2.54. The predicted octanol–water partition coefficient (Wildman–Crippen LogP) is 2.27. The minimum absolute atomic E-state index is 0.0319. The third kappa shape index (κ3) is 3.87. The fourth-order valence-electron chi connectivity index (χ4n) is 2.92. The molecular weight excluding hydrogens is 302 g/mol. The van der Waals surface area contributed by atoms with Gasteiger partial charge in [-0.2, -0.15) is 0 Å². The number of hydrogen-bond acceptors (Lipinski definition) is 3. The van der Waals surface area contributed by atoms with Crippen LogP contribution in [0.15, 0.2) is 18.2 Å². The van der Waals surface area contributed by atoms with Crippen LogP contribution < -0.4 is 0 Å². The molecule has 0 spiro atoms. The van der Waals surface area contributed by atoms with Crippen LogP contribution in [0, 0.1) is 11.6 Å². The molecule has 1 aliphatic heterocycles. The first kappa shape index (κ1) is 17.8. The van der Waals surface area contributed by atoms with Gasteiger partial charge in [0.25, 0.3) is 5.91 Å². The van der Waals surface area contributed by atoms with Crippen molar-refractivity contribution >= 4 is 5.91 Å². The van der Waals surface area contributed by atoms with Crippen LogP contribution in [0.3, 0.4) is 0 Å². The van der Waals surface area contributed by atoms with E-state index in [0.717, 1.165) is 25.0 Å². The number of benzene rings is 1. The van der Waals surface area contributed by atoms with E-state index in [4.69, 9.17) is 0 Å². The van der Waals surface area contributed by atoms with Gasteiger partial charge in [0.2, 0.25) is 0 Å². The van der Waals surface area contributed by atoms with E-state index in [2.05, 4.69) is 4.90 Å². The Balaban J connectivity index is 2.08. The fraction of sp³-hybridized carbons (Fsp3) is 0.588. The van der Waals surface area contributed by atoms with E-state index < -0.39 is 11.6 Å². The van der Waals surface area contributed by atoms with Gasteiger partial charge in [0.1, 0.15) is 0 Å².